The van der Waals surface area contributed by atoms with Gasteiger partial charge in [-0.1, -0.05) is 10.2 Å². The minimum Gasteiger partial charge on any atom is -0.475 e. The Morgan fingerprint density at radius 2 is 1.46 bits per heavy atom. The fourth-order valence-corrected chi connectivity index (χ4v) is 5.91. The van der Waals surface area contributed by atoms with Crippen molar-refractivity contribution in [3.63, 3.8) is 0 Å². The number of aliphatic hydroxyl groups is 2. The van der Waals surface area contributed by atoms with Gasteiger partial charge in [0.15, 0.2) is 30.0 Å². The Morgan fingerprint density at radius 3 is 1.88 bits per heavy atom. The second kappa shape index (κ2) is 11.4. The maximum atomic E-state index is 11.5. The Labute approximate surface area is 227 Å². The highest BCUT2D eigenvalue weighted by Gasteiger charge is 2.81. The smallest absolute Gasteiger partial charge is 0.475 e. The number of aliphatic imine (C=N–C) groups is 2. The van der Waals surface area contributed by atoms with E-state index in [-0.39, 0.29) is 25.0 Å². The van der Waals surface area contributed by atoms with Crippen molar-refractivity contribution in [3.05, 3.63) is 20.9 Å². The number of hydrogen-bond donors (Lipinski definition) is 7. The molecule has 0 bridgehead atoms. The first kappa shape index (κ1) is 33.1. The summed E-state index contributed by atoms with van der Waals surface area (Å²) in [6, 6.07) is 0. The van der Waals surface area contributed by atoms with Crippen LogP contribution in [0.3, 0.4) is 0 Å². The number of halogens is 7. The Kier molecular flexibility index (Phi) is 9.21. The number of azide groups is 2. The monoisotopic (exact) mass is 624 g/mol. The first-order chi connectivity index (χ1) is 18.7. The molecule has 0 amide bonds. The van der Waals surface area contributed by atoms with Crippen LogP contribution < -0.4 is 16.8 Å². The zero-order valence-corrected chi connectivity index (χ0v) is 20.6. The molecule has 0 aromatic carbocycles. The van der Waals surface area contributed by atoms with Crippen molar-refractivity contribution >= 4 is 35.5 Å². The summed E-state index contributed by atoms with van der Waals surface area (Å²) in [6.45, 7) is -0.0685. The van der Waals surface area contributed by atoms with Crippen molar-refractivity contribution in [2.45, 2.75) is 41.4 Å². The molecule has 0 aromatic heterocycles. The minimum absolute atomic E-state index is 0.00237. The average Bonchev–Trinajstić information content (AvgIpc) is 3.43. The molecule has 3 heterocycles. The van der Waals surface area contributed by atoms with Gasteiger partial charge in [0.05, 0.1) is 5.38 Å². The van der Waals surface area contributed by atoms with E-state index in [0.29, 0.717) is 0 Å². The summed E-state index contributed by atoms with van der Waals surface area (Å²) in [7, 11) is 0. The molecule has 3 aliphatic heterocycles. The zero-order chi connectivity index (χ0) is 31.7. The van der Waals surface area contributed by atoms with Crippen LogP contribution in [0.25, 0.3) is 20.9 Å². The van der Waals surface area contributed by atoms with Gasteiger partial charge >= 0.3 is 24.3 Å². The number of aliphatic hydroxyl groups excluding tert-OH is 1. The first-order valence-electron chi connectivity index (χ1n) is 10.6. The Bertz CT molecular complexity index is 1200. The standard InChI is InChI=1S/C12H17ClN12O2.2C2HF3O2/c13-6-4(2-19-24-17)3(1-18-23-16)5-11(6)8(26)21-10(15)25(11)7-12(5,27)22-9(14)20-7;2*3-2(4,5)1(6)7/h3-8,26-27H,1-2H2,(H2,15,21)(H3,14,20,22);2*(H,6,7)/t3-,4-,5+,6+,7+,8+,11+,12+;;/m1../s1. The molecule has 41 heavy (non-hydrogen) atoms. The van der Waals surface area contributed by atoms with Gasteiger partial charge in [-0.25, -0.2) is 19.6 Å². The molecule has 1 saturated carbocycles. The summed E-state index contributed by atoms with van der Waals surface area (Å²) in [5.74, 6) is -7.45. The topological polar surface area (TPSA) is 305 Å². The average molecular weight is 625 g/mol. The lowest BCUT2D eigenvalue weighted by Gasteiger charge is -2.39. The molecular weight excluding hydrogens is 606 g/mol. The third-order valence-corrected chi connectivity index (χ3v) is 7.20. The van der Waals surface area contributed by atoms with Gasteiger partial charge in [-0.15, -0.1) is 11.6 Å². The highest BCUT2D eigenvalue weighted by molar-refractivity contribution is 6.22. The van der Waals surface area contributed by atoms with E-state index in [1.165, 1.54) is 4.90 Å². The van der Waals surface area contributed by atoms with Crippen molar-refractivity contribution in [2.75, 3.05) is 13.1 Å². The summed E-state index contributed by atoms with van der Waals surface area (Å²) in [5.41, 5.74) is 26.3. The second-order valence-corrected chi connectivity index (χ2v) is 9.07. The molecule has 0 radical (unpaired) electrons. The van der Waals surface area contributed by atoms with Gasteiger partial charge in [0, 0.05) is 28.8 Å². The van der Waals surface area contributed by atoms with Crippen LogP contribution in [0.1, 0.15) is 0 Å². The summed E-state index contributed by atoms with van der Waals surface area (Å²) in [5, 5.41) is 45.7. The lowest BCUT2D eigenvalue weighted by atomic mass is 9.77. The van der Waals surface area contributed by atoms with Crippen LogP contribution in [-0.2, 0) is 9.59 Å². The molecule has 25 heteroatoms. The molecule has 228 valence electrons. The molecule has 1 aliphatic carbocycles. The summed E-state index contributed by atoms with van der Waals surface area (Å²) < 4.78 is 63.5. The number of nitrogens with two attached hydrogens (primary N) is 2. The fourth-order valence-electron chi connectivity index (χ4n) is 5.29. The van der Waals surface area contributed by atoms with E-state index in [9.17, 15) is 36.6 Å². The molecule has 18 nitrogen and oxygen atoms in total. The van der Waals surface area contributed by atoms with Crippen molar-refractivity contribution < 1.29 is 56.4 Å². The highest BCUT2D eigenvalue weighted by Crippen LogP contribution is 2.64. The van der Waals surface area contributed by atoms with Gasteiger partial charge in [-0.2, -0.15) is 26.3 Å². The lowest BCUT2D eigenvalue weighted by molar-refractivity contribution is -0.193. The number of hydrogen-bond acceptors (Lipinski definition) is 12. The molecule has 0 unspecified atom stereocenters. The maximum absolute atomic E-state index is 11.5. The van der Waals surface area contributed by atoms with Gasteiger partial charge in [0.2, 0.25) is 0 Å². The normalized spacial score (nSPS) is 34.4. The molecule has 0 aromatic rings. The predicted molar refractivity (Wildman–Crippen MR) is 121 cm³/mol. The highest BCUT2D eigenvalue weighted by atomic mass is 35.5. The summed E-state index contributed by atoms with van der Waals surface area (Å²) in [4.78, 5) is 33.1. The molecular formula is C16H19ClF6N12O6. The molecule has 1 saturated heterocycles. The number of nitrogens with one attached hydrogen (secondary N) is 1. The van der Waals surface area contributed by atoms with Crippen LogP contribution in [0.4, 0.5) is 26.3 Å². The lowest BCUT2D eigenvalue weighted by Crippen LogP contribution is -2.61. The van der Waals surface area contributed by atoms with Crippen LogP contribution in [0, 0.1) is 17.8 Å². The van der Waals surface area contributed by atoms with Gasteiger partial charge in [0.1, 0.15) is 5.54 Å². The van der Waals surface area contributed by atoms with Crippen LogP contribution in [0.5, 0.6) is 0 Å². The third kappa shape index (κ3) is 5.72. The predicted octanol–water partition coefficient (Wildman–Crippen LogP) is -0.0231. The van der Waals surface area contributed by atoms with E-state index in [1.807, 2.05) is 0 Å². The number of rotatable bonds is 4. The number of carboxylic acids is 2. The van der Waals surface area contributed by atoms with E-state index < -0.39 is 71.1 Å². The summed E-state index contributed by atoms with van der Waals surface area (Å²) in [6.07, 6.45) is -12.5. The van der Waals surface area contributed by atoms with Crippen molar-refractivity contribution in [1.29, 1.82) is 0 Å². The number of aliphatic carboxylic acids is 2. The third-order valence-electron chi connectivity index (χ3n) is 6.52. The second-order valence-electron chi connectivity index (χ2n) is 8.60. The minimum atomic E-state index is -5.08. The van der Waals surface area contributed by atoms with Crippen molar-refractivity contribution in [3.8, 4) is 0 Å². The number of alkyl halides is 7. The number of fused-ring (bicyclic) bond motifs is 3. The van der Waals surface area contributed by atoms with Gasteiger partial charge < -0.3 is 42.1 Å². The van der Waals surface area contributed by atoms with Gasteiger partial charge in [-0.05, 0) is 22.9 Å². The zero-order valence-electron chi connectivity index (χ0n) is 19.8. The van der Waals surface area contributed by atoms with E-state index in [4.69, 9.17) is 53.9 Å². The van der Waals surface area contributed by atoms with Crippen molar-refractivity contribution in [2.24, 2.45) is 49.4 Å². The van der Waals surface area contributed by atoms with Gasteiger partial charge in [-0.3, -0.25) is 0 Å². The van der Waals surface area contributed by atoms with Gasteiger partial charge in [0.25, 0.3) is 0 Å². The number of carbonyl (C=O) groups is 2. The Morgan fingerprint density at radius 1 is 1.02 bits per heavy atom. The largest absolute Gasteiger partial charge is 0.490 e. The molecule has 9 N–H and O–H groups in total. The molecule has 2 fully saturated rings. The summed E-state index contributed by atoms with van der Waals surface area (Å²) >= 11 is 6.78. The molecule has 1 spiro atoms. The van der Waals surface area contributed by atoms with Crippen LogP contribution in [-0.4, -0.2) is 104 Å². The Balaban J connectivity index is 0.000000349. The van der Waals surface area contributed by atoms with E-state index >= 15 is 0 Å². The number of guanidine groups is 2. The quantitative estimate of drug-likeness (QED) is 0.0720. The van der Waals surface area contributed by atoms with Crippen LogP contribution in [0.15, 0.2) is 20.2 Å². The van der Waals surface area contributed by atoms with Crippen LogP contribution >= 0.6 is 11.6 Å². The van der Waals surface area contributed by atoms with Crippen molar-refractivity contribution in [1.82, 2.24) is 10.2 Å². The van der Waals surface area contributed by atoms with E-state index in [2.05, 4.69) is 35.4 Å². The SMILES string of the molecule is O=C(O)C(F)(F)F.O=C(O)C(F)(F)F.[N-]=[N+]=NC[C@@H]1[C@@H](CN=[N+]=[N-])[C@H](Cl)[C@@]23[C@H](O)N=C(N)N2[C@@H]2N=C(N)N[C@]2(O)[C@@H]13. The van der Waals surface area contributed by atoms with Crippen LogP contribution in [0.2, 0.25) is 0 Å². The van der Waals surface area contributed by atoms with E-state index in [1.54, 1.807) is 0 Å². The molecule has 8 atom stereocenters. The molecule has 4 aliphatic rings. The Hall–Kier alpha value is -4.11. The maximum Gasteiger partial charge on any atom is 0.490 e. The number of nitrogens with zero attached hydrogens (tertiary/aromatic N) is 9. The number of carboxylic acid groups (broad SMARTS) is 2. The molecule has 4 rings (SSSR count). The first-order valence-corrected chi connectivity index (χ1v) is 11.1. The van der Waals surface area contributed by atoms with E-state index in [0.717, 1.165) is 0 Å². The fraction of sp³-hybridized carbons (Fsp3) is 0.750.